The average Bonchev–Trinajstić information content (AvgIpc) is 3.18. The predicted octanol–water partition coefficient (Wildman–Crippen LogP) is 3.38. The lowest BCUT2D eigenvalue weighted by molar-refractivity contribution is -0.116. The monoisotopic (exact) mass is 419 g/mol. The molecule has 0 fully saturated rings. The molecule has 2 heterocycles. The number of nitrogens with zero attached hydrogens (tertiary/aromatic N) is 3. The summed E-state index contributed by atoms with van der Waals surface area (Å²) in [6.07, 6.45) is 1.14. The lowest BCUT2D eigenvalue weighted by Crippen LogP contribution is -2.36. The molecule has 2 aromatic carbocycles. The van der Waals surface area contributed by atoms with Crippen LogP contribution in [0.2, 0.25) is 0 Å². The fourth-order valence-corrected chi connectivity index (χ4v) is 3.93. The van der Waals surface area contributed by atoms with Gasteiger partial charge in [0.25, 0.3) is 5.56 Å². The highest BCUT2D eigenvalue weighted by Gasteiger charge is 2.21. The number of fused-ring (bicyclic) bond motifs is 1. The van der Waals surface area contributed by atoms with Gasteiger partial charge in [-0.1, -0.05) is 66.8 Å². The van der Waals surface area contributed by atoms with Crippen LogP contribution in [0.3, 0.4) is 0 Å². The van der Waals surface area contributed by atoms with Crippen LogP contribution in [0.25, 0.3) is 4.96 Å². The van der Waals surface area contributed by atoms with Crippen LogP contribution in [0.1, 0.15) is 18.2 Å². The number of amides is 1. The van der Waals surface area contributed by atoms with E-state index >= 15 is 0 Å². The Morgan fingerprint density at radius 3 is 2.50 bits per heavy atom. The molecule has 0 aliphatic carbocycles. The van der Waals surface area contributed by atoms with Gasteiger partial charge < -0.3 is 10.6 Å². The maximum Gasteiger partial charge on any atom is 0.275 e. The highest BCUT2D eigenvalue weighted by Crippen LogP contribution is 2.20. The Morgan fingerprint density at radius 1 is 1.10 bits per heavy atom. The molecule has 152 valence electrons. The molecule has 30 heavy (non-hydrogen) atoms. The minimum atomic E-state index is -0.575. The first-order chi connectivity index (χ1) is 14.6. The number of nitrogens with one attached hydrogen (secondary N) is 2. The van der Waals surface area contributed by atoms with E-state index in [2.05, 4.69) is 20.7 Å². The molecule has 0 bridgehead atoms. The summed E-state index contributed by atoms with van der Waals surface area (Å²) in [6.45, 7) is 1.95. The van der Waals surface area contributed by atoms with Gasteiger partial charge in [0, 0.05) is 23.9 Å². The average molecular weight is 420 g/mol. The van der Waals surface area contributed by atoms with Crippen LogP contribution in [-0.4, -0.2) is 26.5 Å². The minimum Gasteiger partial charge on any atom is -0.348 e. The number of aromatic nitrogens is 3. The summed E-state index contributed by atoms with van der Waals surface area (Å²) in [4.78, 5) is 30.3. The number of para-hydroxylation sites is 1. The molecule has 1 amide bonds. The molecular formula is C22H21N5O2S. The van der Waals surface area contributed by atoms with Crippen molar-refractivity contribution < 1.29 is 4.79 Å². The SMILES string of the molecule is CCc1cc(=O)n2nc(N[C@H](Cc3ccccc3)C(=O)Nc3ccccc3)sc2n1. The summed E-state index contributed by atoms with van der Waals surface area (Å²) in [6, 6.07) is 20.0. The van der Waals surface area contributed by atoms with Gasteiger partial charge in [0.1, 0.15) is 6.04 Å². The molecule has 0 saturated heterocycles. The number of carbonyl (C=O) groups excluding carboxylic acids is 1. The minimum absolute atomic E-state index is 0.182. The zero-order valence-electron chi connectivity index (χ0n) is 16.4. The quantitative estimate of drug-likeness (QED) is 0.479. The van der Waals surface area contributed by atoms with Gasteiger partial charge in [-0.15, -0.1) is 5.10 Å². The maximum atomic E-state index is 13.0. The Labute approximate surface area is 177 Å². The Kier molecular flexibility index (Phi) is 5.85. The smallest absolute Gasteiger partial charge is 0.275 e. The van der Waals surface area contributed by atoms with E-state index < -0.39 is 6.04 Å². The molecule has 2 aromatic heterocycles. The van der Waals surface area contributed by atoms with Crippen molar-refractivity contribution in [3.8, 4) is 0 Å². The topological polar surface area (TPSA) is 88.4 Å². The summed E-state index contributed by atoms with van der Waals surface area (Å²) in [7, 11) is 0. The van der Waals surface area contributed by atoms with Crippen molar-refractivity contribution in [2.75, 3.05) is 10.6 Å². The van der Waals surface area contributed by atoms with Gasteiger partial charge in [-0.3, -0.25) is 9.59 Å². The summed E-state index contributed by atoms with van der Waals surface area (Å²) in [5.41, 5.74) is 2.23. The van der Waals surface area contributed by atoms with E-state index in [-0.39, 0.29) is 11.5 Å². The van der Waals surface area contributed by atoms with Gasteiger partial charge in [0.2, 0.25) is 16.0 Å². The summed E-state index contributed by atoms with van der Waals surface area (Å²) in [5, 5.41) is 10.9. The molecule has 7 nitrogen and oxygen atoms in total. The van der Waals surface area contributed by atoms with Crippen molar-refractivity contribution in [3.63, 3.8) is 0 Å². The maximum absolute atomic E-state index is 13.0. The second-order valence-electron chi connectivity index (χ2n) is 6.78. The summed E-state index contributed by atoms with van der Waals surface area (Å²) in [5.74, 6) is -0.182. The lowest BCUT2D eigenvalue weighted by atomic mass is 10.1. The van der Waals surface area contributed by atoms with Gasteiger partial charge in [0.05, 0.1) is 0 Å². The van der Waals surface area contributed by atoms with Gasteiger partial charge in [-0.25, -0.2) is 4.98 Å². The molecule has 0 unspecified atom stereocenters. The van der Waals surface area contributed by atoms with E-state index in [9.17, 15) is 9.59 Å². The molecular weight excluding hydrogens is 398 g/mol. The summed E-state index contributed by atoms with van der Waals surface area (Å²) >= 11 is 1.25. The van der Waals surface area contributed by atoms with Gasteiger partial charge >= 0.3 is 0 Å². The van der Waals surface area contributed by atoms with E-state index in [1.165, 1.54) is 21.9 Å². The fraction of sp³-hybridized carbons (Fsp3) is 0.182. The van der Waals surface area contributed by atoms with Crippen molar-refractivity contribution in [2.45, 2.75) is 25.8 Å². The first-order valence-corrected chi connectivity index (χ1v) is 10.5. The first-order valence-electron chi connectivity index (χ1n) is 9.68. The first kappa shape index (κ1) is 19.8. The number of aryl methyl sites for hydroxylation is 1. The van der Waals surface area contributed by atoms with Crippen LogP contribution in [0, 0.1) is 0 Å². The fourth-order valence-electron chi connectivity index (χ4n) is 3.05. The zero-order valence-corrected chi connectivity index (χ0v) is 17.2. The second kappa shape index (κ2) is 8.87. The number of rotatable bonds is 7. The van der Waals surface area contributed by atoms with E-state index in [1.54, 1.807) is 0 Å². The molecule has 0 saturated carbocycles. The van der Waals surface area contributed by atoms with Crippen LogP contribution in [0.5, 0.6) is 0 Å². The largest absolute Gasteiger partial charge is 0.348 e. The van der Waals surface area contributed by atoms with Crippen molar-refractivity contribution in [1.29, 1.82) is 0 Å². The molecule has 8 heteroatoms. The number of hydrogen-bond acceptors (Lipinski definition) is 6. The third-order valence-electron chi connectivity index (χ3n) is 4.60. The standard InChI is InChI=1S/C22H21N5O2S/c1-2-16-14-19(28)27-22(24-16)30-21(26-27)25-18(13-15-9-5-3-6-10-15)20(29)23-17-11-7-4-8-12-17/h3-12,14,18H,2,13H2,1H3,(H,23,29)(H,25,26)/t18-/m1/s1. The van der Waals surface area contributed by atoms with E-state index in [1.807, 2.05) is 67.6 Å². The Bertz CT molecular complexity index is 1200. The van der Waals surface area contributed by atoms with E-state index in [0.717, 1.165) is 16.9 Å². The normalized spacial score (nSPS) is 11.9. The Balaban J connectivity index is 1.62. The van der Waals surface area contributed by atoms with Crippen LogP contribution in [0.15, 0.2) is 71.5 Å². The van der Waals surface area contributed by atoms with Crippen LogP contribution < -0.4 is 16.2 Å². The third kappa shape index (κ3) is 4.55. The molecule has 2 N–H and O–H groups in total. The van der Waals surface area contributed by atoms with Crippen LogP contribution >= 0.6 is 11.3 Å². The Hall–Kier alpha value is -3.52. The van der Waals surface area contributed by atoms with Crippen molar-refractivity contribution in [2.24, 2.45) is 0 Å². The molecule has 4 aromatic rings. The van der Waals surface area contributed by atoms with E-state index in [4.69, 9.17) is 0 Å². The lowest BCUT2D eigenvalue weighted by Gasteiger charge is -2.18. The third-order valence-corrected chi connectivity index (χ3v) is 5.44. The number of benzene rings is 2. The van der Waals surface area contributed by atoms with E-state index in [0.29, 0.717) is 22.9 Å². The van der Waals surface area contributed by atoms with Gasteiger partial charge in [-0.2, -0.15) is 4.52 Å². The molecule has 4 rings (SSSR count). The molecule has 0 radical (unpaired) electrons. The molecule has 0 aliphatic rings. The molecule has 1 atom stereocenters. The van der Waals surface area contributed by atoms with Crippen molar-refractivity contribution in [1.82, 2.24) is 14.6 Å². The second-order valence-corrected chi connectivity index (χ2v) is 7.74. The van der Waals surface area contributed by atoms with Gasteiger partial charge in [0.15, 0.2) is 0 Å². The van der Waals surface area contributed by atoms with Gasteiger partial charge in [-0.05, 0) is 24.1 Å². The van der Waals surface area contributed by atoms with Crippen LogP contribution in [-0.2, 0) is 17.6 Å². The molecule has 0 aliphatic heterocycles. The highest BCUT2D eigenvalue weighted by atomic mass is 32.1. The number of hydrogen-bond donors (Lipinski definition) is 2. The van der Waals surface area contributed by atoms with Crippen molar-refractivity contribution in [3.05, 3.63) is 88.3 Å². The number of carbonyl (C=O) groups is 1. The zero-order chi connectivity index (χ0) is 20.9. The van der Waals surface area contributed by atoms with Crippen LogP contribution in [0.4, 0.5) is 10.8 Å². The Morgan fingerprint density at radius 2 is 1.80 bits per heavy atom. The highest BCUT2D eigenvalue weighted by molar-refractivity contribution is 7.20. The molecule has 0 spiro atoms. The predicted molar refractivity (Wildman–Crippen MR) is 119 cm³/mol. The van der Waals surface area contributed by atoms with Crippen molar-refractivity contribution >= 4 is 33.0 Å². The number of anilines is 2. The summed E-state index contributed by atoms with van der Waals surface area (Å²) < 4.78 is 1.26.